The topological polar surface area (TPSA) is 25.8 Å². The third kappa shape index (κ3) is 3.94. The summed E-state index contributed by atoms with van der Waals surface area (Å²) in [6, 6.07) is 20.1. The number of rotatable bonds is 2. The molecule has 0 N–H and O–H groups in total. The number of thiophene rings is 1. The summed E-state index contributed by atoms with van der Waals surface area (Å²) in [5.41, 5.74) is 4.73. The molecule has 0 saturated heterocycles. The molecular weight excluding hydrogens is 524 g/mol. The molecule has 0 atom stereocenters. The second-order valence-corrected chi connectivity index (χ2v) is 16.7. The minimum atomic E-state index is -0.314. The quantitative estimate of drug-likeness (QED) is 0.212. The monoisotopic (exact) mass is 554 g/mol. The van der Waals surface area contributed by atoms with Crippen LogP contribution in [0.5, 0.6) is 0 Å². The molecule has 2 aromatic heterocycles. The first-order valence-electron chi connectivity index (χ1n) is 11.0. The molecule has 0 aliphatic rings. The average molecular weight is 552 g/mol. The van der Waals surface area contributed by atoms with E-state index < -0.39 is 0 Å². The van der Waals surface area contributed by atoms with Gasteiger partial charge in [0, 0.05) is 0 Å². The summed E-state index contributed by atoms with van der Waals surface area (Å²) < 4.78 is 4.50. The summed E-state index contributed by atoms with van der Waals surface area (Å²) >= 11 is 1.56. The van der Waals surface area contributed by atoms with E-state index in [2.05, 4.69) is 96.1 Å². The van der Waals surface area contributed by atoms with E-state index in [1.54, 1.807) is 6.33 Å². The SMILES string of the molecule is CC(C)(C)[Te]c1cccc2c1sc1c(-c3cc(C(C)(C)C)c4ccccc4c3)ncnc12. The van der Waals surface area contributed by atoms with E-state index in [0.29, 0.717) is 3.46 Å². The molecule has 0 aliphatic carbocycles. The molecule has 0 radical (unpaired) electrons. The Kier molecular flexibility index (Phi) is 5.32. The van der Waals surface area contributed by atoms with Crippen LogP contribution in [0.4, 0.5) is 0 Å². The van der Waals surface area contributed by atoms with Crippen molar-refractivity contribution in [2.24, 2.45) is 0 Å². The predicted molar refractivity (Wildman–Crippen MR) is 142 cm³/mol. The summed E-state index contributed by atoms with van der Waals surface area (Å²) in [6.07, 6.45) is 1.74. The van der Waals surface area contributed by atoms with Gasteiger partial charge in [-0.15, -0.1) is 0 Å². The fourth-order valence-corrected chi connectivity index (χ4v) is 8.95. The summed E-state index contributed by atoms with van der Waals surface area (Å²) in [6.45, 7) is 13.9. The molecule has 0 fully saturated rings. The Bertz CT molecular complexity index is 1470. The van der Waals surface area contributed by atoms with E-state index in [1.807, 2.05) is 11.3 Å². The zero-order chi connectivity index (χ0) is 22.7. The Morgan fingerprint density at radius 2 is 1.53 bits per heavy atom. The molecule has 5 rings (SSSR count). The maximum atomic E-state index is 4.82. The summed E-state index contributed by atoms with van der Waals surface area (Å²) in [5.74, 6) is 0. The normalized spacial score (nSPS) is 12.8. The molecule has 0 bridgehead atoms. The Morgan fingerprint density at radius 1 is 0.781 bits per heavy atom. The molecule has 0 unspecified atom stereocenters. The number of hydrogen-bond acceptors (Lipinski definition) is 3. The van der Waals surface area contributed by atoms with Gasteiger partial charge in [0.05, 0.1) is 0 Å². The Balaban J connectivity index is 1.80. The van der Waals surface area contributed by atoms with Crippen molar-refractivity contribution in [1.82, 2.24) is 9.97 Å². The number of benzene rings is 3. The van der Waals surface area contributed by atoms with Gasteiger partial charge in [0.25, 0.3) is 0 Å². The van der Waals surface area contributed by atoms with Gasteiger partial charge in [-0.3, -0.25) is 0 Å². The number of aromatic nitrogens is 2. The van der Waals surface area contributed by atoms with Gasteiger partial charge in [-0.2, -0.15) is 0 Å². The number of nitrogens with zero attached hydrogens (tertiary/aromatic N) is 2. The van der Waals surface area contributed by atoms with Crippen LogP contribution in [0.2, 0.25) is 3.46 Å². The molecular formula is C28H28N2STe. The molecule has 0 amide bonds. The van der Waals surface area contributed by atoms with Crippen molar-refractivity contribution >= 4 is 66.9 Å². The standard InChI is InChI=1S/C28H28N2STe/c1-27(2,3)21-15-18(14-17-10-7-8-11-19(17)21)23-26-24(30-16-29-23)20-12-9-13-22(25(20)31-26)32-28(4,5)6/h7-16H,1-6H3. The molecule has 2 heterocycles. The van der Waals surface area contributed by atoms with E-state index in [1.165, 1.54) is 40.3 Å². The molecule has 0 aliphatic heterocycles. The summed E-state index contributed by atoms with van der Waals surface area (Å²) in [4.78, 5) is 9.56. The van der Waals surface area contributed by atoms with Crippen molar-refractivity contribution in [3.05, 3.63) is 66.5 Å². The van der Waals surface area contributed by atoms with E-state index in [0.717, 1.165) is 11.2 Å². The minimum absolute atomic E-state index is 0.0487. The van der Waals surface area contributed by atoms with Crippen molar-refractivity contribution in [1.29, 1.82) is 0 Å². The van der Waals surface area contributed by atoms with Gasteiger partial charge in [0.15, 0.2) is 0 Å². The second kappa shape index (κ2) is 7.80. The molecule has 2 nitrogen and oxygen atoms in total. The van der Waals surface area contributed by atoms with Crippen molar-refractivity contribution in [2.75, 3.05) is 0 Å². The first-order valence-corrected chi connectivity index (χ1v) is 14.2. The van der Waals surface area contributed by atoms with E-state index >= 15 is 0 Å². The first kappa shape index (κ1) is 21.8. The van der Waals surface area contributed by atoms with E-state index in [9.17, 15) is 0 Å². The van der Waals surface area contributed by atoms with Crippen molar-refractivity contribution in [3.8, 4) is 11.3 Å². The zero-order valence-electron chi connectivity index (χ0n) is 19.5. The van der Waals surface area contributed by atoms with Crippen LogP contribution >= 0.6 is 11.3 Å². The molecule has 3 aromatic carbocycles. The second-order valence-electron chi connectivity index (χ2n) is 10.3. The molecule has 0 spiro atoms. The van der Waals surface area contributed by atoms with Gasteiger partial charge >= 0.3 is 205 Å². The van der Waals surface area contributed by atoms with Crippen molar-refractivity contribution in [3.63, 3.8) is 0 Å². The third-order valence-electron chi connectivity index (χ3n) is 5.60. The molecule has 32 heavy (non-hydrogen) atoms. The average Bonchev–Trinajstić information content (AvgIpc) is 3.11. The Morgan fingerprint density at radius 3 is 2.28 bits per heavy atom. The maximum absolute atomic E-state index is 4.82. The van der Waals surface area contributed by atoms with Crippen LogP contribution in [0, 0.1) is 0 Å². The Hall–Kier alpha value is -1.99. The van der Waals surface area contributed by atoms with Crippen LogP contribution < -0.4 is 3.61 Å². The Labute approximate surface area is 204 Å². The van der Waals surface area contributed by atoms with Crippen LogP contribution in [0.3, 0.4) is 0 Å². The third-order valence-corrected chi connectivity index (χ3v) is 10.6. The first-order chi connectivity index (χ1) is 15.1. The fraction of sp³-hybridized carbons (Fsp3) is 0.286. The summed E-state index contributed by atoms with van der Waals surface area (Å²) in [7, 11) is 0. The van der Waals surface area contributed by atoms with Gasteiger partial charge in [-0.25, -0.2) is 0 Å². The molecule has 162 valence electrons. The van der Waals surface area contributed by atoms with Crippen LogP contribution in [0.15, 0.2) is 60.9 Å². The van der Waals surface area contributed by atoms with Gasteiger partial charge in [-0.05, 0) is 0 Å². The van der Waals surface area contributed by atoms with Crippen molar-refractivity contribution < 1.29 is 0 Å². The van der Waals surface area contributed by atoms with Gasteiger partial charge in [0.2, 0.25) is 0 Å². The number of hydrogen-bond donors (Lipinski definition) is 0. The predicted octanol–water partition coefficient (Wildman–Crippen LogP) is 7.51. The van der Waals surface area contributed by atoms with Gasteiger partial charge < -0.3 is 0 Å². The van der Waals surface area contributed by atoms with Gasteiger partial charge in [0.1, 0.15) is 0 Å². The summed E-state index contributed by atoms with van der Waals surface area (Å²) in [5, 5.41) is 3.86. The van der Waals surface area contributed by atoms with Crippen LogP contribution in [-0.4, -0.2) is 30.9 Å². The fourth-order valence-electron chi connectivity index (χ4n) is 4.26. The molecule has 0 saturated carbocycles. The van der Waals surface area contributed by atoms with Crippen LogP contribution in [-0.2, 0) is 5.41 Å². The molecule has 5 aromatic rings. The van der Waals surface area contributed by atoms with E-state index in [4.69, 9.17) is 9.97 Å². The van der Waals surface area contributed by atoms with Gasteiger partial charge in [-0.1, -0.05) is 0 Å². The number of fused-ring (bicyclic) bond motifs is 4. The van der Waals surface area contributed by atoms with Crippen LogP contribution in [0.1, 0.15) is 47.1 Å². The van der Waals surface area contributed by atoms with Crippen LogP contribution in [0.25, 0.3) is 42.3 Å². The zero-order valence-corrected chi connectivity index (χ0v) is 22.6. The van der Waals surface area contributed by atoms with Crippen molar-refractivity contribution in [2.45, 2.75) is 50.4 Å². The van der Waals surface area contributed by atoms with E-state index in [-0.39, 0.29) is 26.3 Å². The molecule has 4 heteroatoms.